The molecule has 1 heterocycles. The van der Waals surface area contributed by atoms with Crippen LogP contribution in [0, 0.1) is 6.92 Å². The zero-order valence-corrected chi connectivity index (χ0v) is 14.3. The number of rotatable bonds is 3. The van der Waals surface area contributed by atoms with Crippen molar-refractivity contribution in [3.63, 3.8) is 0 Å². The van der Waals surface area contributed by atoms with Gasteiger partial charge < -0.3 is 4.74 Å². The second-order valence-electron chi connectivity index (χ2n) is 6.38. The molecule has 0 fully saturated rings. The van der Waals surface area contributed by atoms with Crippen molar-refractivity contribution in [2.75, 3.05) is 0 Å². The minimum atomic E-state index is -3.59. The fourth-order valence-electron chi connectivity index (χ4n) is 2.75. The van der Waals surface area contributed by atoms with Gasteiger partial charge in [-0.2, -0.15) is 0 Å². The summed E-state index contributed by atoms with van der Waals surface area (Å²) in [7, 11) is -3.59. The largest absolute Gasteiger partial charge is 0.358 e. The van der Waals surface area contributed by atoms with Crippen molar-refractivity contribution in [1.29, 1.82) is 0 Å². The maximum Gasteiger partial charge on any atom is 0.205 e. The average Bonchev–Trinajstić information content (AvgIpc) is 2.85. The van der Waals surface area contributed by atoms with Gasteiger partial charge in [0.1, 0.15) is 6.10 Å². The maximum atomic E-state index is 13.1. The molecule has 0 radical (unpaired) electrons. The van der Waals surface area contributed by atoms with Crippen LogP contribution in [-0.2, 0) is 14.6 Å². The molecule has 23 heavy (non-hydrogen) atoms. The summed E-state index contributed by atoms with van der Waals surface area (Å²) in [6, 6.07) is 16.4. The Morgan fingerprint density at radius 3 is 2.17 bits per heavy atom. The van der Waals surface area contributed by atoms with Crippen LogP contribution in [0.4, 0.5) is 0 Å². The van der Waals surface area contributed by atoms with Gasteiger partial charge in [0.05, 0.1) is 15.4 Å². The van der Waals surface area contributed by atoms with Crippen LogP contribution in [-0.4, -0.2) is 14.0 Å². The fourth-order valence-corrected chi connectivity index (χ4v) is 4.42. The molecule has 0 spiro atoms. The summed E-state index contributed by atoms with van der Waals surface area (Å²) in [6.45, 7) is 5.69. The van der Waals surface area contributed by atoms with E-state index in [4.69, 9.17) is 4.74 Å². The van der Waals surface area contributed by atoms with E-state index in [0.717, 1.165) is 11.1 Å². The molecule has 0 bridgehead atoms. The fraction of sp³-hybridized carbons (Fsp3) is 0.263. The average molecular weight is 328 g/mol. The molecule has 0 amide bonds. The highest BCUT2D eigenvalue weighted by Crippen LogP contribution is 2.43. The summed E-state index contributed by atoms with van der Waals surface area (Å²) >= 11 is 0. The summed E-state index contributed by atoms with van der Waals surface area (Å²) in [6.07, 6.45) is 1.15. The minimum Gasteiger partial charge on any atom is -0.358 e. The smallest absolute Gasteiger partial charge is 0.205 e. The first-order valence-corrected chi connectivity index (χ1v) is 9.05. The quantitative estimate of drug-likeness (QED) is 0.848. The van der Waals surface area contributed by atoms with Crippen molar-refractivity contribution < 1.29 is 13.2 Å². The summed E-state index contributed by atoms with van der Waals surface area (Å²) in [5, 5.41) is 0. The van der Waals surface area contributed by atoms with Crippen LogP contribution in [0.5, 0.6) is 0 Å². The van der Waals surface area contributed by atoms with Crippen molar-refractivity contribution >= 4 is 9.84 Å². The molecular formula is C19H20O3S. The Morgan fingerprint density at radius 1 is 0.957 bits per heavy atom. The Hall–Kier alpha value is -1.91. The number of ether oxygens (including phenoxy) is 1. The third-order valence-electron chi connectivity index (χ3n) is 3.91. The normalized spacial score (nSPS) is 20.3. The van der Waals surface area contributed by atoms with E-state index >= 15 is 0 Å². The van der Waals surface area contributed by atoms with E-state index in [1.54, 1.807) is 18.2 Å². The molecule has 1 aliphatic heterocycles. The van der Waals surface area contributed by atoms with Crippen molar-refractivity contribution in [2.45, 2.75) is 37.4 Å². The molecule has 1 aliphatic rings. The molecule has 2 aromatic rings. The molecule has 0 aromatic heterocycles. The van der Waals surface area contributed by atoms with Gasteiger partial charge in [0.15, 0.2) is 0 Å². The standard InChI is InChI=1S/C19H20O3S/c1-14-9-11-16(12-10-14)23(20,21)17-13-19(2,3)22-18(17)15-7-5-4-6-8-15/h4-13,18H,1-3H3. The van der Waals surface area contributed by atoms with Crippen LogP contribution >= 0.6 is 0 Å². The van der Waals surface area contributed by atoms with Crippen LogP contribution in [0.1, 0.15) is 31.1 Å². The Balaban J connectivity index is 2.09. The maximum absolute atomic E-state index is 13.1. The third-order valence-corrected chi connectivity index (χ3v) is 5.76. The first-order chi connectivity index (χ1) is 10.8. The Morgan fingerprint density at radius 2 is 1.57 bits per heavy atom. The molecule has 3 rings (SSSR count). The lowest BCUT2D eigenvalue weighted by Gasteiger charge is -2.21. The zero-order chi connectivity index (χ0) is 16.7. The second-order valence-corrected chi connectivity index (χ2v) is 8.32. The molecule has 120 valence electrons. The van der Waals surface area contributed by atoms with Gasteiger partial charge in [-0.15, -0.1) is 0 Å². The molecule has 0 saturated heterocycles. The predicted octanol–water partition coefficient (Wildman–Crippen LogP) is 4.20. The lowest BCUT2D eigenvalue weighted by atomic mass is 10.1. The highest BCUT2D eigenvalue weighted by Gasteiger charge is 2.40. The summed E-state index contributed by atoms with van der Waals surface area (Å²) < 4.78 is 32.1. The van der Waals surface area contributed by atoms with E-state index in [0.29, 0.717) is 9.80 Å². The van der Waals surface area contributed by atoms with Crippen molar-refractivity contribution in [2.24, 2.45) is 0 Å². The van der Waals surface area contributed by atoms with Crippen LogP contribution < -0.4 is 0 Å². The first-order valence-electron chi connectivity index (χ1n) is 7.57. The van der Waals surface area contributed by atoms with Gasteiger partial charge in [0.2, 0.25) is 9.84 Å². The zero-order valence-electron chi connectivity index (χ0n) is 13.5. The van der Waals surface area contributed by atoms with E-state index in [-0.39, 0.29) is 0 Å². The molecule has 1 unspecified atom stereocenters. The van der Waals surface area contributed by atoms with Crippen molar-refractivity contribution in [3.05, 3.63) is 76.7 Å². The summed E-state index contributed by atoms with van der Waals surface area (Å²) in [5.41, 5.74) is 1.26. The van der Waals surface area contributed by atoms with Crippen molar-refractivity contribution in [3.8, 4) is 0 Å². The Bertz CT molecular complexity index is 832. The van der Waals surface area contributed by atoms with Gasteiger partial charge >= 0.3 is 0 Å². The van der Waals surface area contributed by atoms with E-state index in [1.165, 1.54) is 0 Å². The predicted molar refractivity (Wildman–Crippen MR) is 90.8 cm³/mol. The van der Waals surface area contributed by atoms with Crippen LogP contribution in [0.15, 0.2) is 70.5 Å². The van der Waals surface area contributed by atoms with E-state index < -0.39 is 21.5 Å². The third kappa shape index (κ3) is 3.09. The van der Waals surface area contributed by atoms with Gasteiger partial charge in [-0.05, 0) is 44.5 Å². The van der Waals surface area contributed by atoms with Crippen LogP contribution in [0.2, 0.25) is 0 Å². The molecule has 1 atom stereocenters. The van der Waals surface area contributed by atoms with Gasteiger partial charge in [-0.1, -0.05) is 48.0 Å². The molecule has 0 N–H and O–H groups in total. The monoisotopic (exact) mass is 328 g/mol. The summed E-state index contributed by atoms with van der Waals surface area (Å²) in [5.74, 6) is 0. The van der Waals surface area contributed by atoms with Gasteiger partial charge in [-0.3, -0.25) is 0 Å². The van der Waals surface area contributed by atoms with Crippen LogP contribution in [0.25, 0.3) is 0 Å². The van der Waals surface area contributed by atoms with Gasteiger partial charge in [0.25, 0.3) is 0 Å². The molecular weight excluding hydrogens is 308 g/mol. The number of hydrogen-bond donors (Lipinski definition) is 0. The summed E-state index contributed by atoms with van der Waals surface area (Å²) in [4.78, 5) is 0.620. The number of benzene rings is 2. The van der Waals surface area contributed by atoms with Gasteiger partial charge in [-0.25, -0.2) is 8.42 Å². The first kappa shape index (κ1) is 16.0. The lowest BCUT2D eigenvalue weighted by Crippen LogP contribution is -2.18. The second kappa shape index (κ2) is 5.62. The van der Waals surface area contributed by atoms with E-state index in [9.17, 15) is 8.42 Å². The Kier molecular flexibility index (Phi) is 3.90. The minimum absolute atomic E-state index is 0.302. The molecule has 3 nitrogen and oxygen atoms in total. The van der Waals surface area contributed by atoms with Gasteiger partial charge in [0, 0.05) is 0 Å². The highest BCUT2D eigenvalue weighted by atomic mass is 32.2. The molecule has 4 heteroatoms. The number of hydrogen-bond acceptors (Lipinski definition) is 3. The molecule has 0 saturated carbocycles. The Labute approximate surface area is 137 Å². The van der Waals surface area contributed by atoms with Crippen LogP contribution in [0.3, 0.4) is 0 Å². The lowest BCUT2D eigenvalue weighted by molar-refractivity contribution is -0.000434. The topological polar surface area (TPSA) is 43.4 Å². The SMILES string of the molecule is Cc1ccc(S(=O)(=O)C2=CC(C)(C)OC2c2ccccc2)cc1. The number of sulfone groups is 1. The number of aryl methyl sites for hydroxylation is 1. The molecule has 0 aliphatic carbocycles. The van der Waals surface area contributed by atoms with E-state index in [1.807, 2.05) is 63.2 Å². The molecule has 2 aromatic carbocycles. The van der Waals surface area contributed by atoms with Crippen molar-refractivity contribution in [1.82, 2.24) is 0 Å². The van der Waals surface area contributed by atoms with E-state index in [2.05, 4.69) is 0 Å². The highest BCUT2D eigenvalue weighted by molar-refractivity contribution is 7.95.